The third kappa shape index (κ3) is 5.55. The average molecular weight is 557 g/mol. The highest BCUT2D eigenvalue weighted by atomic mass is 16.5. The molecule has 41 heavy (non-hydrogen) atoms. The zero-order valence-corrected chi connectivity index (χ0v) is 23.3. The number of carbonyl (C=O) groups is 1. The Morgan fingerprint density at radius 3 is 2.61 bits per heavy atom. The lowest BCUT2D eigenvalue weighted by molar-refractivity contribution is -0.0893. The summed E-state index contributed by atoms with van der Waals surface area (Å²) in [5, 5.41) is 23.5. The zero-order chi connectivity index (χ0) is 28.2. The molecule has 1 amide bonds. The highest BCUT2D eigenvalue weighted by Crippen LogP contribution is 2.41. The van der Waals surface area contributed by atoms with Crippen molar-refractivity contribution in [2.24, 2.45) is 0 Å². The van der Waals surface area contributed by atoms with Crippen LogP contribution in [0.4, 0.5) is 0 Å². The van der Waals surface area contributed by atoms with Crippen LogP contribution in [0.1, 0.15) is 48.1 Å². The van der Waals surface area contributed by atoms with E-state index in [0.717, 1.165) is 36.1 Å². The van der Waals surface area contributed by atoms with Gasteiger partial charge in [0, 0.05) is 44.3 Å². The van der Waals surface area contributed by atoms with E-state index in [2.05, 4.69) is 15.5 Å². The number of rotatable bonds is 8. The molecule has 6 rings (SSSR count). The van der Waals surface area contributed by atoms with Gasteiger partial charge in [0.2, 0.25) is 11.8 Å². The summed E-state index contributed by atoms with van der Waals surface area (Å²) in [6.45, 7) is 2.04. The Balaban J connectivity index is 1.32. The van der Waals surface area contributed by atoms with Gasteiger partial charge in [-0.3, -0.25) is 4.79 Å². The zero-order valence-electron chi connectivity index (χ0n) is 23.3. The van der Waals surface area contributed by atoms with E-state index in [1.54, 1.807) is 13.4 Å². The lowest BCUT2D eigenvalue weighted by Crippen LogP contribution is -2.54. The molecule has 2 fully saturated rings. The number of aromatic nitrogens is 4. The van der Waals surface area contributed by atoms with Crippen molar-refractivity contribution in [3.63, 3.8) is 0 Å². The van der Waals surface area contributed by atoms with Crippen LogP contribution in [0.15, 0.2) is 71.4 Å². The van der Waals surface area contributed by atoms with Gasteiger partial charge in [0.15, 0.2) is 5.69 Å². The Morgan fingerprint density at radius 2 is 1.85 bits per heavy atom. The number of carbonyl (C=O) groups excluding carboxylic acids is 1. The Bertz CT molecular complexity index is 1450. The van der Waals surface area contributed by atoms with Gasteiger partial charge in [-0.2, -0.15) is 0 Å². The topological polar surface area (TPSA) is 119 Å². The normalized spacial score (nSPS) is 23.0. The highest BCUT2D eigenvalue weighted by Gasteiger charge is 2.42. The van der Waals surface area contributed by atoms with Crippen LogP contribution in [0.3, 0.4) is 0 Å². The number of amides is 1. The predicted octanol–water partition coefficient (Wildman–Crippen LogP) is 3.75. The summed E-state index contributed by atoms with van der Waals surface area (Å²) in [6, 6.07) is 19.0. The molecule has 2 aromatic heterocycles. The van der Waals surface area contributed by atoms with E-state index in [1.165, 1.54) is 0 Å². The Morgan fingerprint density at radius 1 is 1.10 bits per heavy atom. The number of nitrogens with zero attached hydrogens (tertiary/aromatic N) is 5. The molecule has 0 spiro atoms. The number of methoxy groups -OCH3 is 1. The van der Waals surface area contributed by atoms with Crippen LogP contribution in [-0.4, -0.2) is 80.7 Å². The van der Waals surface area contributed by atoms with Crippen molar-refractivity contribution in [2.45, 2.75) is 49.8 Å². The third-order valence-electron chi connectivity index (χ3n) is 8.24. The molecule has 1 saturated carbocycles. The Kier molecular flexibility index (Phi) is 7.95. The summed E-state index contributed by atoms with van der Waals surface area (Å²) in [5.74, 6) is 0.794. The average Bonchev–Trinajstić information content (AvgIpc) is 3.66. The van der Waals surface area contributed by atoms with E-state index in [-0.39, 0.29) is 24.6 Å². The molecule has 0 bridgehead atoms. The smallest absolute Gasteiger partial charge is 0.275 e. The number of ether oxygens (including phenoxy) is 1. The van der Waals surface area contributed by atoms with Crippen molar-refractivity contribution in [1.29, 1.82) is 0 Å². The molecule has 2 aromatic carbocycles. The summed E-state index contributed by atoms with van der Waals surface area (Å²) in [5.41, 5.74) is 1.80. The number of nitrogens with one attached hydrogen (secondary N) is 1. The highest BCUT2D eigenvalue weighted by molar-refractivity contribution is 5.98. The monoisotopic (exact) mass is 556 g/mol. The van der Waals surface area contributed by atoms with Crippen molar-refractivity contribution in [3.05, 3.63) is 78.6 Å². The summed E-state index contributed by atoms with van der Waals surface area (Å²) in [6.07, 6.45) is 5.48. The van der Waals surface area contributed by atoms with Gasteiger partial charge in [-0.1, -0.05) is 61.4 Å². The predicted molar refractivity (Wildman–Crippen MR) is 153 cm³/mol. The standard InChI is InChI=1S/C31H36N6O4/c1-40-20-31(39)15-9-8-14-25(31)37-21-33-27(28(37)22-10-4-2-5-11-22)30(38)36-17-16-32-19-24(36)18-26-34-35-29(41-26)23-12-6-3-7-13-23/h2-7,10-13,21,24-25,32,39H,8-9,14-20H2,1H3/t24-,25-,31?/m1/s1. The molecule has 0 radical (unpaired) electrons. The van der Waals surface area contributed by atoms with Crippen LogP contribution in [0.2, 0.25) is 0 Å². The number of aliphatic hydroxyl groups is 1. The molecule has 214 valence electrons. The minimum absolute atomic E-state index is 0.150. The largest absolute Gasteiger partial charge is 0.421 e. The maximum atomic E-state index is 14.3. The van der Waals surface area contributed by atoms with Gasteiger partial charge < -0.3 is 29.0 Å². The first kappa shape index (κ1) is 27.3. The molecule has 1 aliphatic heterocycles. The molecule has 1 saturated heterocycles. The molecule has 10 heteroatoms. The van der Waals surface area contributed by atoms with Gasteiger partial charge in [-0.05, 0) is 25.0 Å². The molecule has 2 N–H and O–H groups in total. The Hall–Kier alpha value is -3.86. The quantitative estimate of drug-likeness (QED) is 0.337. The van der Waals surface area contributed by atoms with Crippen LogP contribution in [0, 0.1) is 0 Å². The summed E-state index contributed by atoms with van der Waals surface area (Å²) >= 11 is 0. The van der Waals surface area contributed by atoms with Crippen LogP contribution in [0.5, 0.6) is 0 Å². The molecule has 3 atom stereocenters. The van der Waals surface area contributed by atoms with Crippen LogP contribution < -0.4 is 5.32 Å². The fourth-order valence-electron chi connectivity index (χ4n) is 6.24. The van der Waals surface area contributed by atoms with Gasteiger partial charge >= 0.3 is 0 Å². The Labute approximate surface area is 239 Å². The fourth-order valence-corrected chi connectivity index (χ4v) is 6.24. The molecule has 10 nitrogen and oxygen atoms in total. The van der Waals surface area contributed by atoms with E-state index in [9.17, 15) is 9.90 Å². The van der Waals surface area contributed by atoms with E-state index in [0.29, 0.717) is 50.0 Å². The molecule has 2 aliphatic rings. The summed E-state index contributed by atoms with van der Waals surface area (Å²) in [7, 11) is 1.61. The number of piperazine rings is 1. The molecule has 3 heterocycles. The second kappa shape index (κ2) is 11.9. The first-order valence-corrected chi connectivity index (χ1v) is 14.3. The van der Waals surface area contributed by atoms with Crippen molar-refractivity contribution in [2.75, 3.05) is 33.4 Å². The van der Waals surface area contributed by atoms with Gasteiger partial charge in [-0.25, -0.2) is 4.98 Å². The number of benzene rings is 2. The molecular formula is C31H36N6O4. The number of imidazole rings is 1. The van der Waals surface area contributed by atoms with E-state index < -0.39 is 5.60 Å². The number of hydrogen-bond donors (Lipinski definition) is 2. The first-order chi connectivity index (χ1) is 20.1. The molecule has 1 aliphatic carbocycles. The molecule has 4 aromatic rings. The third-order valence-corrected chi connectivity index (χ3v) is 8.24. The van der Waals surface area contributed by atoms with Gasteiger partial charge in [-0.15, -0.1) is 10.2 Å². The van der Waals surface area contributed by atoms with E-state index >= 15 is 0 Å². The first-order valence-electron chi connectivity index (χ1n) is 14.3. The lowest BCUT2D eigenvalue weighted by atomic mass is 9.80. The van der Waals surface area contributed by atoms with Crippen LogP contribution >= 0.6 is 0 Å². The van der Waals surface area contributed by atoms with Crippen molar-refractivity contribution < 1.29 is 19.1 Å². The van der Waals surface area contributed by atoms with E-state index in [1.807, 2.05) is 70.1 Å². The maximum absolute atomic E-state index is 14.3. The second-order valence-electron chi connectivity index (χ2n) is 10.9. The SMILES string of the molecule is COCC1(O)CCCC[C@H]1n1cnc(C(=O)N2CCNC[C@H]2Cc2nnc(-c3ccccc3)o2)c1-c1ccccc1. The summed E-state index contributed by atoms with van der Waals surface area (Å²) in [4.78, 5) is 20.8. The second-order valence-corrected chi connectivity index (χ2v) is 10.9. The minimum Gasteiger partial charge on any atom is -0.421 e. The molecular weight excluding hydrogens is 520 g/mol. The van der Waals surface area contributed by atoms with Gasteiger partial charge in [0.1, 0.15) is 5.60 Å². The fraction of sp³-hybridized carbons (Fsp3) is 0.419. The van der Waals surface area contributed by atoms with Crippen molar-refractivity contribution in [3.8, 4) is 22.7 Å². The van der Waals surface area contributed by atoms with Crippen molar-refractivity contribution >= 4 is 5.91 Å². The van der Waals surface area contributed by atoms with Crippen LogP contribution in [-0.2, 0) is 11.2 Å². The minimum atomic E-state index is -1.04. The molecule has 1 unspecified atom stereocenters. The lowest BCUT2D eigenvalue weighted by Gasteiger charge is -2.41. The maximum Gasteiger partial charge on any atom is 0.275 e. The van der Waals surface area contributed by atoms with Gasteiger partial charge in [0.25, 0.3) is 5.91 Å². The number of hydrogen-bond acceptors (Lipinski definition) is 8. The van der Waals surface area contributed by atoms with Gasteiger partial charge in [0.05, 0.1) is 30.7 Å². The van der Waals surface area contributed by atoms with Crippen LogP contribution in [0.25, 0.3) is 22.7 Å². The van der Waals surface area contributed by atoms with E-state index in [4.69, 9.17) is 14.1 Å². The summed E-state index contributed by atoms with van der Waals surface area (Å²) < 4.78 is 13.4. The van der Waals surface area contributed by atoms with Crippen molar-refractivity contribution in [1.82, 2.24) is 30.0 Å².